The van der Waals surface area contributed by atoms with Crippen LogP contribution in [0.3, 0.4) is 0 Å². The van der Waals surface area contributed by atoms with Crippen LogP contribution in [0.5, 0.6) is 0 Å². The highest BCUT2D eigenvalue weighted by Gasteiger charge is 2.14. The van der Waals surface area contributed by atoms with Crippen LogP contribution in [0.25, 0.3) is 0 Å². The lowest BCUT2D eigenvalue weighted by Gasteiger charge is -2.08. The van der Waals surface area contributed by atoms with E-state index in [0.29, 0.717) is 21.5 Å². The number of ether oxygens (including phenoxy) is 1. The van der Waals surface area contributed by atoms with Gasteiger partial charge in [-0.05, 0) is 18.1 Å². The molecule has 0 aliphatic heterocycles. The van der Waals surface area contributed by atoms with Crippen molar-refractivity contribution in [1.29, 1.82) is 0 Å². The lowest BCUT2D eigenvalue weighted by Crippen LogP contribution is -2.17. The highest BCUT2D eigenvalue weighted by atomic mass is 32.2. The van der Waals surface area contributed by atoms with Crippen LogP contribution in [0, 0.1) is 5.92 Å². The molecule has 0 saturated heterocycles. The highest BCUT2D eigenvalue weighted by Crippen LogP contribution is 2.26. The molecule has 0 saturated carbocycles. The fourth-order valence-electron chi connectivity index (χ4n) is 1.82. The van der Waals surface area contributed by atoms with Gasteiger partial charge < -0.3 is 15.4 Å². The maximum atomic E-state index is 12.1. The number of anilines is 2. The minimum atomic E-state index is -0.492. The molecule has 2 aromatic rings. The number of thioether (sulfide) groups is 1. The number of nitrogens with one attached hydrogen (secondary N) is 2. The first kappa shape index (κ1) is 19.2. The van der Waals surface area contributed by atoms with Crippen molar-refractivity contribution in [3.63, 3.8) is 0 Å². The minimum Gasteiger partial charge on any atom is -0.465 e. The van der Waals surface area contributed by atoms with E-state index in [1.54, 1.807) is 24.3 Å². The van der Waals surface area contributed by atoms with Crippen LogP contribution in [0.15, 0.2) is 28.6 Å². The number of benzene rings is 1. The molecule has 1 heterocycles. The van der Waals surface area contributed by atoms with Crippen molar-refractivity contribution in [2.45, 2.75) is 18.2 Å². The molecule has 134 valence electrons. The number of esters is 1. The Bertz CT molecular complexity index is 734. The summed E-state index contributed by atoms with van der Waals surface area (Å²) in [5, 5.41) is 14.8. The van der Waals surface area contributed by atoms with E-state index < -0.39 is 5.97 Å². The highest BCUT2D eigenvalue weighted by molar-refractivity contribution is 8.01. The number of nitrogens with zero attached hydrogens (tertiary/aromatic N) is 2. The van der Waals surface area contributed by atoms with Crippen molar-refractivity contribution >= 4 is 45.8 Å². The number of carbonyl (C=O) groups is 2. The summed E-state index contributed by atoms with van der Waals surface area (Å²) in [5.74, 6) is -0.0311. The van der Waals surface area contributed by atoms with Gasteiger partial charge in [0.1, 0.15) is 0 Å². The molecule has 1 aromatic heterocycles. The molecule has 1 aromatic carbocycles. The molecule has 0 spiro atoms. The Morgan fingerprint density at radius 1 is 1.28 bits per heavy atom. The Labute approximate surface area is 154 Å². The summed E-state index contributed by atoms with van der Waals surface area (Å²) < 4.78 is 5.42. The Morgan fingerprint density at radius 2 is 2.04 bits per heavy atom. The molecule has 0 aliphatic carbocycles. The molecular weight excluding hydrogens is 360 g/mol. The standard InChI is InChI=1S/C16H20N4O3S2/c1-10(2)8-17-15-19-20-16(25-15)24-9-13(21)18-12-7-5-4-6-11(12)14(22)23-3/h4-7,10H,8-9H2,1-3H3,(H,17,19)(H,18,21). The number of hydrogen-bond donors (Lipinski definition) is 2. The number of methoxy groups -OCH3 is 1. The number of hydrogen-bond acceptors (Lipinski definition) is 8. The second-order valence-electron chi connectivity index (χ2n) is 5.52. The molecule has 0 unspecified atom stereocenters. The minimum absolute atomic E-state index is 0.175. The lowest BCUT2D eigenvalue weighted by atomic mass is 10.2. The van der Waals surface area contributed by atoms with E-state index in [1.807, 2.05) is 0 Å². The number of carbonyl (C=O) groups excluding carboxylic acids is 2. The van der Waals surface area contributed by atoms with Gasteiger partial charge in [0.2, 0.25) is 11.0 Å². The monoisotopic (exact) mass is 380 g/mol. The van der Waals surface area contributed by atoms with Gasteiger partial charge in [-0.25, -0.2) is 4.79 Å². The van der Waals surface area contributed by atoms with E-state index in [1.165, 1.54) is 30.2 Å². The zero-order valence-corrected chi connectivity index (χ0v) is 15.9. The normalized spacial score (nSPS) is 10.6. The van der Waals surface area contributed by atoms with Gasteiger partial charge in [-0.2, -0.15) is 0 Å². The first-order valence-corrected chi connectivity index (χ1v) is 9.47. The fraction of sp³-hybridized carbons (Fsp3) is 0.375. The maximum Gasteiger partial charge on any atom is 0.339 e. The van der Waals surface area contributed by atoms with E-state index in [2.05, 4.69) is 34.7 Å². The van der Waals surface area contributed by atoms with Gasteiger partial charge in [-0.15, -0.1) is 10.2 Å². The molecule has 2 N–H and O–H groups in total. The smallest absolute Gasteiger partial charge is 0.339 e. The third kappa shape index (κ3) is 6.02. The third-order valence-electron chi connectivity index (χ3n) is 3.00. The van der Waals surface area contributed by atoms with Crippen molar-refractivity contribution in [2.24, 2.45) is 5.92 Å². The van der Waals surface area contributed by atoms with E-state index in [0.717, 1.165) is 11.7 Å². The van der Waals surface area contributed by atoms with Crippen molar-refractivity contribution in [3.8, 4) is 0 Å². The Balaban J connectivity index is 1.88. The molecule has 7 nitrogen and oxygen atoms in total. The summed E-state index contributed by atoms with van der Waals surface area (Å²) in [4.78, 5) is 23.8. The molecule has 0 aliphatic rings. The van der Waals surface area contributed by atoms with Crippen LogP contribution >= 0.6 is 23.1 Å². The van der Waals surface area contributed by atoms with Crippen molar-refractivity contribution in [2.75, 3.05) is 30.0 Å². The van der Waals surface area contributed by atoms with Gasteiger partial charge in [-0.1, -0.05) is 49.1 Å². The summed E-state index contributed by atoms with van der Waals surface area (Å²) >= 11 is 2.71. The summed E-state index contributed by atoms with van der Waals surface area (Å²) in [7, 11) is 1.30. The Hall–Kier alpha value is -2.13. The molecule has 9 heteroatoms. The zero-order valence-electron chi connectivity index (χ0n) is 14.2. The van der Waals surface area contributed by atoms with Crippen LogP contribution in [0.2, 0.25) is 0 Å². The van der Waals surface area contributed by atoms with Crippen molar-refractivity contribution in [3.05, 3.63) is 29.8 Å². The topological polar surface area (TPSA) is 93.2 Å². The summed E-state index contributed by atoms with van der Waals surface area (Å²) in [6.45, 7) is 5.05. The summed E-state index contributed by atoms with van der Waals surface area (Å²) in [6.07, 6.45) is 0. The molecule has 0 atom stereocenters. The van der Waals surface area contributed by atoms with Crippen LogP contribution in [0.1, 0.15) is 24.2 Å². The van der Waals surface area contributed by atoms with Crippen LogP contribution in [-0.2, 0) is 9.53 Å². The third-order valence-corrected chi connectivity index (χ3v) is 5.02. The first-order valence-electron chi connectivity index (χ1n) is 7.67. The zero-order chi connectivity index (χ0) is 18.2. The summed E-state index contributed by atoms with van der Waals surface area (Å²) in [6, 6.07) is 6.72. The van der Waals surface area contributed by atoms with Gasteiger partial charge in [0.25, 0.3) is 0 Å². The van der Waals surface area contributed by atoms with Gasteiger partial charge in [0, 0.05) is 6.54 Å². The lowest BCUT2D eigenvalue weighted by molar-refractivity contribution is -0.113. The number of amides is 1. The second-order valence-corrected chi connectivity index (χ2v) is 7.72. The van der Waals surface area contributed by atoms with Crippen molar-refractivity contribution in [1.82, 2.24) is 10.2 Å². The molecule has 25 heavy (non-hydrogen) atoms. The molecular formula is C16H20N4O3S2. The number of aromatic nitrogens is 2. The average molecular weight is 380 g/mol. The average Bonchev–Trinajstić information content (AvgIpc) is 3.06. The van der Waals surface area contributed by atoms with E-state index >= 15 is 0 Å². The molecule has 2 rings (SSSR count). The van der Waals surface area contributed by atoms with Gasteiger partial charge in [0.15, 0.2) is 4.34 Å². The Kier molecular flexibility index (Phi) is 7.20. The largest absolute Gasteiger partial charge is 0.465 e. The molecule has 0 bridgehead atoms. The van der Waals surface area contributed by atoms with E-state index in [9.17, 15) is 9.59 Å². The van der Waals surface area contributed by atoms with Crippen molar-refractivity contribution < 1.29 is 14.3 Å². The summed E-state index contributed by atoms with van der Waals surface area (Å²) in [5.41, 5.74) is 0.746. The van der Waals surface area contributed by atoms with Crippen LogP contribution in [-0.4, -0.2) is 41.5 Å². The molecule has 0 radical (unpaired) electrons. The maximum absolute atomic E-state index is 12.1. The number of para-hydroxylation sites is 1. The quantitative estimate of drug-likeness (QED) is 0.537. The van der Waals surface area contributed by atoms with Crippen LogP contribution < -0.4 is 10.6 Å². The Morgan fingerprint density at radius 3 is 2.76 bits per heavy atom. The van der Waals surface area contributed by atoms with E-state index in [-0.39, 0.29) is 11.7 Å². The van der Waals surface area contributed by atoms with Crippen LogP contribution in [0.4, 0.5) is 10.8 Å². The van der Waals surface area contributed by atoms with Gasteiger partial charge in [0.05, 0.1) is 24.1 Å². The first-order chi connectivity index (χ1) is 12.0. The molecule has 1 amide bonds. The predicted octanol–water partition coefficient (Wildman–Crippen LogP) is 3.12. The SMILES string of the molecule is COC(=O)c1ccccc1NC(=O)CSc1nnc(NCC(C)C)s1. The van der Waals surface area contributed by atoms with E-state index in [4.69, 9.17) is 4.74 Å². The van der Waals surface area contributed by atoms with Gasteiger partial charge >= 0.3 is 5.97 Å². The van der Waals surface area contributed by atoms with Gasteiger partial charge in [-0.3, -0.25) is 4.79 Å². The second kappa shape index (κ2) is 9.38. The predicted molar refractivity (Wildman–Crippen MR) is 100 cm³/mol. The fourth-order valence-corrected chi connectivity index (χ4v) is 3.38. The number of rotatable bonds is 8. The molecule has 0 fully saturated rings.